The van der Waals surface area contributed by atoms with Crippen LogP contribution in [0.15, 0.2) is 46.3 Å². The van der Waals surface area contributed by atoms with Gasteiger partial charge in [0.1, 0.15) is 28.3 Å². The number of guanidine groups is 1. The van der Waals surface area contributed by atoms with Gasteiger partial charge in [-0.15, -0.1) is 0 Å². The van der Waals surface area contributed by atoms with Gasteiger partial charge in [0.25, 0.3) is 0 Å². The molecular formula is C40H55Cl2N9O5S. The predicted octanol–water partition coefficient (Wildman–Crippen LogP) is 4.23. The van der Waals surface area contributed by atoms with Crippen molar-refractivity contribution in [2.45, 2.75) is 101 Å². The minimum Gasteiger partial charge on any atom is -0.487 e. The molecule has 2 aromatic carbocycles. The molecule has 0 radical (unpaired) electrons. The third-order valence-electron chi connectivity index (χ3n) is 11.6. The lowest BCUT2D eigenvalue weighted by molar-refractivity contribution is -0.140. The number of halogens is 2. The van der Waals surface area contributed by atoms with Crippen molar-refractivity contribution in [1.29, 1.82) is 0 Å². The molecule has 17 heteroatoms. The lowest BCUT2D eigenvalue weighted by Crippen LogP contribution is -2.61. The molecule has 0 unspecified atom stereocenters. The first kappa shape index (κ1) is 42.9. The SMILES string of the molecule is Cc1cc(C)c2cccc(OCc3c(Cl)ccc(S(=O)(=O)NC4(C(=O)N5CCC(N6CCN(C(=O)[C@@H](N)CCCCN=C(N)N)CC6)CC5)CCCC4)c3Cl)c2n1. The summed E-state index contributed by atoms with van der Waals surface area (Å²) < 4.78 is 37.3. The van der Waals surface area contributed by atoms with Crippen LogP contribution in [0.3, 0.4) is 0 Å². The van der Waals surface area contributed by atoms with E-state index in [1.807, 2.05) is 36.9 Å². The maximum atomic E-state index is 14.3. The van der Waals surface area contributed by atoms with Gasteiger partial charge in [0.15, 0.2) is 5.96 Å². The molecule has 0 bridgehead atoms. The number of aromatic nitrogens is 1. The van der Waals surface area contributed by atoms with E-state index in [1.165, 1.54) is 12.1 Å². The maximum absolute atomic E-state index is 14.3. The zero-order valence-electron chi connectivity index (χ0n) is 32.8. The zero-order valence-corrected chi connectivity index (χ0v) is 35.1. The van der Waals surface area contributed by atoms with Gasteiger partial charge < -0.3 is 31.7 Å². The minimum atomic E-state index is -4.26. The second-order valence-electron chi connectivity index (χ2n) is 15.5. The third-order valence-corrected chi connectivity index (χ3v) is 14.1. The van der Waals surface area contributed by atoms with Crippen molar-refractivity contribution < 1.29 is 22.7 Å². The van der Waals surface area contributed by atoms with Gasteiger partial charge in [0, 0.05) is 73.5 Å². The number of nitrogens with zero attached hydrogens (tertiary/aromatic N) is 5. The number of piperazine rings is 1. The van der Waals surface area contributed by atoms with Gasteiger partial charge in [-0.1, -0.05) is 48.2 Å². The largest absolute Gasteiger partial charge is 0.487 e. The van der Waals surface area contributed by atoms with E-state index in [2.05, 4.69) is 19.6 Å². The second kappa shape index (κ2) is 18.5. The van der Waals surface area contributed by atoms with Crippen LogP contribution >= 0.6 is 23.2 Å². The number of ether oxygens (including phenoxy) is 1. The highest BCUT2D eigenvalue weighted by Gasteiger charge is 2.48. The number of pyridine rings is 1. The van der Waals surface area contributed by atoms with Crippen LogP contribution in [0.25, 0.3) is 10.9 Å². The molecule has 1 saturated carbocycles. The minimum absolute atomic E-state index is 0.0331. The van der Waals surface area contributed by atoms with Crippen LogP contribution in [-0.4, -0.2) is 109 Å². The van der Waals surface area contributed by atoms with E-state index < -0.39 is 21.6 Å². The fraction of sp³-hybridized carbons (Fsp3) is 0.550. The van der Waals surface area contributed by atoms with Gasteiger partial charge >= 0.3 is 0 Å². The van der Waals surface area contributed by atoms with Crippen molar-refractivity contribution in [3.05, 3.63) is 63.3 Å². The van der Waals surface area contributed by atoms with E-state index in [0.717, 1.165) is 68.3 Å². The number of para-hydroxylation sites is 1. The number of benzene rings is 2. The molecular weight excluding hydrogens is 789 g/mol. The van der Waals surface area contributed by atoms with E-state index in [0.29, 0.717) is 68.8 Å². The Morgan fingerprint density at radius 2 is 1.70 bits per heavy atom. The first-order valence-corrected chi connectivity index (χ1v) is 22.1. The molecule has 57 heavy (non-hydrogen) atoms. The van der Waals surface area contributed by atoms with Crippen LogP contribution in [0, 0.1) is 13.8 Å². The number of carbonyl (C=O) groups excluding carboxylic acids is 2. The Labute approximate surface area is 345 Å². The monoisotopic (exact) mass is 843 g/mol. The Bertz CT molecular complexity index is 2080. The van der Waals surface area contributed by atoms with Crippen LogP contribution in [0.4, 0.5) is 0 Å². The molecule has 2 aliphatic heterocycles. The van der Waals surface area contributed by atoms with Crippen molar-refractivity contribution in [3.8, 4) is 5.75 Å². The fourth-order valence-corrected chi connectivity index (χ4v) is 10.8. The maximum Gasteiger partial charge on any atom is 0.243 e. The number of aliphatic imine (C=N–C) groups is 1. The second-order valence-corrected chi connectivity index (χ2v) is 18.0. The van der Waals surface area contributed by atoms with Gasteiger partial charge in [-0.2, -0.15) is 4.72 Å². The van der Waals surface area contributed by atoms with Gasteiger partial charge in [-0.05, 0) is 88.6 Å². The molecule has 3 aromatic rings. The molecule has 0 spiro atoms. The highest BCUT2D eigenvalue weighted by Crippen LogP contribution is 2.38. The number of hydrogen-bond acceptors (Lipinski definition) is 9. The fourth-order valence-electron chi connectivity index (χ4n) is 8.47. The van der Waals surface area contributed by atoms with Crippen LogP contribution in [0.5, 0.6) is 5.75 Å². The molecule has 3 heterocycles. The summed E-state index contributed by atoms with van der Waals surface area (Å²) in [5.74, 6) is 0.352. The molecule has 2 amide bonds. The first-order chi connectivity index (χ1) is 27.2. The Morgan fingerprint density at radius 1 is 1.00 bits per heavy atom. The number of fused-ring (bicyclic) bond motifs is 1. The summed E-state index contributed by atoms with van der Waals surface area (Å²) in [6, 6.07) is 10.2. The van der Waals surface area contributed by atoms with Crippen LogP contribution < -0.4 is 26.7 Å². The number of nitrogens with one attached hydrogen (secondary N) is 1. The van der Waals surface area contributed by atoms with E-state index >= 15 is 0 Å². The van der Waals surface area contributed by atoms with Crippen LogP contribution in [-0.2, 0) is 26.2 Å². The lowest BCUT2D eigenvalue weighted by atomic mass is 9.94. The van der Waals surface area contributed by atoms with Crippen molar-refractivity contribution in [1.82, 2.24) is 24.4 Å². The van der Waals surface area contributed by atoms with Gasteiger partial charge in [0.05, 0.1) is 11.1 Å². The number of unbranched alkanes of at least 4 members (excludes halogenated alkanes) is 1. The Hall–Kier alpha value is -3.73. The number of carbonyl (C=O) groups is 2. The average Bonchev–Trinajstić information content (AvgIpc) is 3.65. The lowest BCUT2D eigenvalue weighted by Gasteiger charge is -2.44. The number of hydrogen-bond donors (Lipinski definition) is 4. The highest BCUT2D eigenvalue weighted by atomic mass is 35.5. The number of nitrogens with two attached hydrogens (primary N) is 3. The van der Waals surface area contributed by atoms with E-state index in [1.54, 1.807) is 11.0 Å². The summed E-state index contributed by atoms with van der Waals surface area (Å²) in [4.78, 5) is 41.8. The normalized spacial score (nSPS) is 18.5. The van der Waals surface area contributed by atoms with Gasteiger partial charge in [-0.25, -0.2) is 13.4 Å². The first-order valence-electron chi connectivity index (χ1n) is 19.8. The van der Waals surface area contributed by atoms with E-state index in [-0.39, 0.29) is 45.4 Å². The molecule has 1 aliphatic carbocycles. The number of likely N-dealkylation sites (tertiary alicyclic amines) is 1. The van der Waals surface area contributed by atoms with Crippen molar-refractivity contribution >= 4 is 61.9 Å². The average molecular weight is 845 g/mol. The van der Waals surface area contributed by atoms with Crippen molar-refractivity contribution in [3.63, 3.8) is 0 Å². The molecule has 3 aliphatic rings. The molecule has 7 N–H and O–H groups in total. The number of aryl methyl sites for hydroxylation is 2. The van der Waals surface area contributed by atoms with E-state index in [9.17, 15) is 18.0 Å². The molecule has 310 valence electrons. The molecule has 1 atom stereocenters. The number of amides is 2. The summed E-state index contributed by atoms with van der Waals surface area (Å²) in [5, 5.41) is 1.15. The van der Waals surface area contributed by atoms with Crippen LogP contribution in [0.1, 0.15) is 74.6 Å². The summed E-state index contributed by atoms with van der Waals surface area (Å²) in [6.45, 7) is 8.06. The molecule has 14 nitrogen and oxygen atoms in total. The quantitative estimate of drug-likeness (QED) is 0.103. The number of rotatable bonds is 14. The summed E-state index contributed by atoms with van der Waals surface area (Å²) in [7, 11) is -4.26. The third kappa shape index (κ3) is 9.94. The van der Waals surface area contributed by atoms with Gasteiger partial charge in [-0.3, -0.25) is 19.5 Å². The molecule has 6 rings (SSSR count). The van der Waals surface area contributed by atoms with Gasteiger partial charge in [0.2, 0.25) is 21.8 Å². The Morgan fingerprint density at radius 3 is 2.39 bits per heavy atom. The van der Waals surface area contributed by atoms with Crippen molar-refractivity contribution in [2.75, 3.05) is 45.8 Å². The van der Waals surface area contributed by atoms with E-state index in [4.69, 9.17) is 45.1 Å². The smallest absolute Gasteiger partial charge is 0.243 e. The summed E-state index contributed by atoms with van der Waals surface area (Å²) in [5.41, 5.74) is 18.6. The number of sulfonamides is 1. The van der Waals surface area contributed by atoms with Crippen molar-refractivity contribution in [2.24, 2.45) is 22.2 Å². The zero-order chi connectivity index (χ0) is 40.9. The Balaban J connectivity index is 1.05. The molecule has 1 aromatic heterocycles. The Kier molecular flexibility index (Phi) is 13.9. The highest BCUT2D eigenvalue weighted by molar-refractivity contribution is 7.89. The standard InChI is InChI=1S/C40H55Cl2N9O5S/c1-26-24-27(2)47-36-29(26)8-7-10-33(36)56-25-30-31(41)11-12-34(35(30)42)57(54,55)48-40(15-4-5-16-40)38(53)51-18-13-28(14-19-51)49-20-22-50(23-21-49)37(52)32(43)9-3-6-17-46-39(44)45/h7-8,10-12,24,28,32,48H,3-6,9,13-23,25,43H2,1-2H3,(H4,44,45,46)/t32-/m0/s1. The molecule has 3 fully saturated rings. The topological polar surface area (TPSA) is 203 Å². The van der Waals surface area contributed by atoms with Crippen LogP contribution in [0.2, 0.25) is 10.0 Å². The summed E-state index contributed by atoms with van der Waals surface area (Å²) >= 11 is 13.4. The predicted molar refractivity (Wildman–Crippen MR) is 224 cm³/mol. The number of piperidine rings is 1. The summed E-state index contributed by atoms with van der Waals surface area (Å²) in [6.07, 6.45) is 5.86. The molecule has 2 saturated heterocycles.